The molecule has 6 atom stereocenters. The Morgan fingerprint density at radius 1 is 1.25 bits per heavy atom. The molecule has 4 N–H and O–H groups in total. The van der Waals surface area contributed by atoms with Crippen LogP contribution in [0.4, 0.5) is 4.39 Å². The van der Waals surface area contributed by atoms with Crippen LogP contribution in [0.2, 0.25) is 0 Å². The summed E-state index contributed by atoms with van der Waals surface area (Å²) in [5.41, 5.74) is 5.20. The minimum atomic E-state index is -0.692. The Bertz CT molecular complexity index is 945. The van der Waals surface area contributed by atoms with Crippen molar-refractivity contribution >= 4 is 28.4 Å². The van der Waals surface area contributed by atoms with Gasteiger partial charge in [-0.15, -0.1) is 0 Å². The van der Waals surface area contributed by atoms with Gasteiger partial charge in [-0.25, -0.2) is 4.39 Å². The van der Waals surface area contributed by atoms with E-state index in [0.29, 0.717) is 17.4 Å². The van der Waals surface area contributed by atoms with Crippen LogP contribution in [-0.4, -0.2) is 29.3 Å². The summed E-state index contributed by atoms with van der Waals surface area (Å²) >= 11 is 0. The van der Waals surface area contributed by atoms with Crippen LogP contribution in [0.15, 0.2) is 23.1 Å². The molecule has 6 unspecified atom stereocenters. The van der Waals surface area contributed by atoms with Crippen LogP contribution >= 0.6 is 10.7 Å². The maximum Gasteiger partial charge on any atom is 0.241 e. The first kappa shape index (κ1) is 23.4. The average Bonchev–Trinajstić information content (AvgIpc) is 2.69. The van der Waals surface area contributed by atoms with Crippen molar-refractivity contribution in [2.45, 2.75) is 82.2 Å². The quantitative estimate of drug-likeness (QED) is 0.559. The van der Waals surface area contributed by atoms with Crippen molar-refractivity contribution in [3.8, 4) is 0 Å². The zero-order chi connectivity index (χ0) is 23.3. The van der Waals surface area contributed by atoms with Crippen LogP contribution in [0, 0.1) is 35.9 Å². The van der Waals surface area contributed by atoms with Crippen LogP contribution < -0.4 is 15.8 Å². The number of nitrogens with two attached hydrogens (primary N) is 1. The van der Waals surface area contributed by atoms with Crippen molar-refractivity contribution < 1.29 is 14.0 Å². The van der Waals surface area contributed by atoms with E-state index in [9.17, 15) is 14.0 Å². The molecule has 2 bridgehead atoms. The number of primary amides is 1. The summed E-state index contributed by atoms with van der Waals surface area (Å²) in [6.07, 6.45) is 6.11. The molecule has 3 fully saturated rings. The van der Waals surface area contributed by atoms with Crippen LogP contribution in [0.3, 0.4) is 0 Å². The highest BCUT2D eigenvalue weighted by molar-refractivity contribution is 8.12. The fraction of sp³-hybridized carbons (Fsp3) is 0.640. The zero-order valence-electron chi connectivity index (χ0n) is 19.4. The van der Waals surface area contributed by atoms with Gasteiger partial charge in [0.25, 0.3) is 0 Å². The van der Waals surface area contributed by atoms with Gasteiger partial charge in [0.15, 0.2) is 0 Å². The molecule has 0 saturated heterocycles. The van der Waals surface area contributed by atoms with E-state index in [1.54, 1.807) is 13.0 Å². The van der Waals surface area contributed by atoms with Crippen molar-refractivity contribution in [3.63, 3.8) is 0 Å². The SMILES string of the molecule is C=S(NC1(C(=O)NC2C(C)CC3CC2CC(C)(C(N)=O)C3)CCC1)c1ccc(C)c(F)c1. The molecule has 1 aromatic carbocycles. The van der Waals surface area contributed by atoms with E-state index in [2.05, 4.69) is 22.8 Å². The molecule has 0 aromatic heterocycles. The lowest BCUT2D eigenvalue weighted by atomic mass is 9.57. The first-order valence-electron chi connectivity index (χ1n) is 11.7. The molecule has 3 aliphatic carbocycles. The maximum absolute atomic E-state index is 14.1. The molecular weight excluding hydrogens is 425 g/mol. The Kier molecular flexibility index (Phi) is 6.27. The topological polar surface area (TPSA) is 84.2 Å². The molecule has 1 aromatic rings. The Hall–Kier alpha value is -1.73. The monoisotopic (exact) mass is 461 g/mol. The van der Waals surface area contributed by atoms with Gasteiger partial charge in [-0.05, 0) is 87.3 Å². The van der Waals surface area contributed by atoms with E-state index in [-0.39, 0.29) is 29.6 Å². The third kappa shape index (κ3) is 4.26. The highest BCUT2D eigenvalue weighted by Crippen LogP contribution is 2.50. The number of hydrogen-bond donors (Lipinski definition) is 3. The van der Waals surface area contributed by atoms with Gasteiger partial charge in [0.2, 0.25) is 11.8 Å². The fourth-order valence-corrected chi connectivity index (χ4v) is 7.53. The molecule has 3 saturated carbocycles. The Labute approximate surface area is 193 Å². The normalized spacial score (nSPS) is 34.2. The first-order chi connectivity index (χ1) is 15.0. The number of rotatable bonds is 6. The number of aryl methyl sites for hydroxylation is 1. The maximum atomic E-state index is 14.1. The van der Waals surface area contributed by atoms with Crippen molar-refractivity contribution in [2.75, 3.05) is 0 Å². The van der Waals surface area contributed by atoms with Crippen molar-refractivity contribution in [1.82, 2.24) is 10.0 Å². The molecule has 4 rings (SSSR count). The Morgan fingerprint density at radius 2 is 1.97 bits per heavy atom. The van der Waals surface area contributed by atoms with Gasteiger partial charge in [0.1, 0.15) is 11.4 Å². The Balaban J connectivity index is 1.48. The van der Waals surface area contributed by atoms with Gasteiger partial charge in [0, 0.05) is 16.4 Å². The predicted octanol–water partition coefficient (Wildman–Crippen LogP) is 4.05. The van der Waals surface area contributed by atoms with Gasteiger partial charge in [-0.3, -0.25) is 14.3 Å². The van der Waals surface area contributed by atoms with Crippen LogP contribution in [-0.2, 0) is 9.59 Å². The number of hydrogen-bond acceptors (Lipinski definition) is 3. The number of carbonyl (C=O) groups is 2. The predicted molar refractivity (Wildman–Crippen MR) is 128 cm³/mol. The first-order valence-corrected chi connectivity index (χ1v) is 13.1. The number of halogens is 1. The summed E-state index contributed by atoms with van der Waals surface area (Å²) in [6, 6.07) is 5.19. The summed E-state index contributed by atoms with van der Waals surface area (Å²) in [4.78, 5) is 26.4. The highest BCUT2D eigenvalue weighted by Gasteiger charge is 2.51. The van der Waals surface area contributed by atoms with Gasteiger partial charge in [-0.2, -0.15) is 0 Å². The zero-order valence-corrected chi connectivity index (χ0v) is 20.2. The van der Waals surface area contributed by atoms with Gasteiger partial charge < -0.3 is 11.1 Å². The molecule has 176 valence electrons. The lowest BCUT2D eigenvalue weighted by Gasteiger charge is -2.51. The van der Waals surface area contributed by atoms with E-state index >= 15 is 0 Å². The molecular formula is C25H36FN3O2S. The molecule has 0 aliphatic heterocycles. The molecule has 5 nitrogen and oxygen atoms in total. The average molecular weight is 462 g/mol. The third-order valence-electron chi connectivity index (χ3n) is 8.19. The van der Waals surface area contributed by atoms with E-state index in [1.165, 1.54) is 6.07 Å². The van der Waals surface area contributed by atoms with Crippen LogP contribution in [0.1, 0.15) is 64.4 Å². The van der Waals surface area contributed by atoms with Crippen LogP contribution in [0.25, 0.3) is 0 Å². The second-order valence-corrected chi connectivity index (χ2v) is 12.2. The minimum Gasteiger partial charge on any atom is -0.369 e. The minimum absolute atomic E-state index is 0.0131. The third-order valence-corrected chi connectivity index (χ3v) is 9.65. The number of fused-ring (bicyclic) bond motifs is 2. The number of benzene rings is 1. The standard InChI is InChI=1S/C25H36FN3O2S/c1-15-6-7-19(12-20(15)26)32(4)29-25(8-5-9-25)23(31)28-21-16(2)10-17-11-18(21)14-24(3,13-17)22(27)30/h6-7,12,16-18,21,29H,4-5,8-11,13-14H2,1-3H3,(H2,27,30)(H,28,31). The highest BCUT2D eigenvalue weighted by atomic mass is 32.2. The number of amides is 2. The van der Waals surface area contributed by atoms with E-state index < -0.39 is 21.6 Å². The molecule has 2 amide bonds. The summed E-state index contributed by atoms with van der Waals surface area (Å²) in [6.45, 7) is 5.92. The van der Waals surface area contributed by atoms with E-state index in [4.69, 9.17) is 5.73 Å². The summed E-state index contributed by atoms with van der Waals surface area (Å²) in [5.74, 6) is 4.85. The second kappa shape index (κ2) is 8.56. The van der Waals surface area contributed by atoms with E-state index in [0.717, 1.165) is 49.8 Å². The molecule has 0 heterocycles. The molecule has 3 aliphatic rings. The lowest BCUT2D eigenvalue weighted by molar-refractivity contribution is -0.135. The van der Waals surface area contributed by atoms with Crippen LogP contribution in [0.5, 0.6) is 0 Å². The van der Waals surface area contributed by atoms with Crippen molar-refractivity contribution in [1.29, 1.82) is 0 Å². The summed E-state index contributed by atoms with van der Waals surface area (Å²) in [5, 5.41) is 3.37. The van der Waals surface area contributed by atoms with Gasteiger partial charge in [0.05, 0.1) is 0 Å². The Morgan fingerprint density at radius 3 is 2.56 bits per heavy atom. The van der Waals surface area contributed by atoms with Crippen molar-refractivity contribution in [2.24, 2.45) is 28.9 Å². The lowest BCUT2D eigenvalue weighted by Crippen LogP contribution is -2.64. The van der Waals surface area contributed by atoms with Gasteiger partial charge >= 0.3 is 0 Å². The smallest absolute Gasteiger partial charge is 0.241 e. The molecule has 0 radical (unpaired) electrons. The fourth-order valence-electron chi connectivity index (χ4n) is 6.16. The number of nitrogens with one attached hydrogen (secondary N) is 2. The molecule has 7 heteroatoms. The second-order valence-electron chi connectivity index (χ2n) is 10.7. The largest absolute Gasteiger partial charge is 0.369 e. The van der Waals surface area contributed by atoms with E-state index in [1.807, 2.05) is 13.0 Å². The summed E-state index contributed by atoms with van der Waals surface area (Å²) < 4.78 is 17.5. The molecule has 32 heavy (non-hydrogen) atoms. The van der Waals surface area contributed by atoms with Gasteiger partial charge in [-0.1, -0.05) is 36.5 Å². The van der Waals surface area contributed by atoms with Crippen molar-refractivity contribution in [3.05, 3.63) is 29.6 Å². The summed E-state index contributed by atoms with van der Waals surface area (Å²) in [7, 11) is -0.692. The molecule has 0 spiro atoms. The number of carbonyl (C=O) groups excluding carboxylic acids is 2.